The Bertz CT molecular complexity index is 387. The van der Waals surface area contributed by atoms with Gasteiger partial charge in [-0.3, -0.25) is 4.98 Å². The molecule has 1 nitrogen and oxygen atoms in total. The molecule has 0 saturated carbocycles. The van der Waals surface area contributed by atoms with E-state index in [9.17, 15) is 0 Å². The normalized spacial score (nSPS) is 10.4. The van der Waals surface area contributed by atoms with E-state index in [4.69, 9.17) is 7.85 Å². The monoisotopic (exact) mass is 265 g/mol. The van der Waals surface area contributed by atoms with Crippen LogP contribution in [-0.2, 0) is 0 Å². The number of fused-ring (bicyclic) bond motifs is 1. The minimum atomic E-state index is 0.573. The van der Waals surface area contributed by atoms with E-state index in [2.05, 4.69) is 33.6 Å². The SMILES string of the molecule is [B]c1ccc2cc(I)ccc2n1. The molecule has 3 heteroatoms. The van der Waals surface area contributed by atoms with E-state index in [1.807, 2.05) is 24.3 Å². The average Bonchev–Trinajstić information content (AvgIpc) is 2.05. The van der Waals surface area contributed by atoms with E-state index in [-0.39, 0.29) is 0 Å². The highest BCUT2D eigenvalue weighted by molar-refractivity contribution is 14.1. The second kappa shape index (κ2) is 3.05. The van der Waals surface area contributed by atoms with Crippen LogP contribution in [0.25, 0.3) is 10.9 Å². The van der Waals surface area contributed by atoms with E-state index >= 15 is 0 Å². The Labute approximate surface area is 85.7 Å². The molecule has 1 heterocycles. The lowest BCUT2D eigenvalue weighted by atomic mass is 10.0. The lowest BCUT2D eigenvalue weighted by Gasteiger charge is -1.98. The Morgan fingerprint density at radius 1 is 1.17 bits per heavy atom. The Hall–Kier alpha value is -0.575. The summed E-state index contributed by atoms with van der Waals surface area (Å²) in [6.07, 6.45) is 0. The standard InChI is InChI=1S/C9H5BIN/c10-9-4-1-6-5-7(11)2-3-8(6)12-9/h1-5H. The summed E-state index contributed by atoms with van der Waals surface area (Å²) in [5.74, 6) is 0. The van der Waals surface area contributed by atoms with Crippen molar-refractivity contribution in [1.82, 2.24) is 4.98 Å². The third kappa shape index (κ3) is 1.46. The number of aromatic nitrogens is 1. The van der Waals surface area contributed by atoms with Crippen molar-refractivity contribution in [3.05, 3.63) is 33.9 Å². The van der Waals surface area contributed by atoms with Gasteiger partial charge >= 0.3 is 0 Å². The van der Waals surface area contributed by atoms with Crippen LogP contribution in [0.15, 0.2) is 30.3 Å². The molecule has 2 radical (unpaired) electrons. The second-order valence-electron chi connectivity index (χ2n) is 2.57. The molecule has 0 fully saturated rings. The fourth-order valence-electron chi connectivity index (χ4n) is 1.11. The van der Waals surface area contributed by atoms with Crippen molar-refractivity contribution in [3.8, 4) is 0 Å². The molecule has 1 aromatic carbocycles. The van der Waals surface area contributed by atoms with Gasteiger partial charge in [0.05, 0.1) is 5.52 Å². The van der Waals surface area contributed by atoms with Gasteiger partial charge in [0.15, 0.2) is 0 Å². The molecule has 0 amide bonds. The maximum Gasteiger partial charge on any atom is 0.141 e. The summed E-state index contributed by atoms with van der Waals surface area (Å²) < 4.78 is 1.21. The largest absolute Gasteiger partial charge is 0.264 e. The number of benzene rings is 1. The van der Waals surface area contributed by atoms with E-state index < -0.39 is 0 Å². The topological polar surface area (TPSA) is 12.9 Å². The van der Waals surface area contributed by atoms with Crippen molar-refractivity contribution in [2.24, 2.45) is 0 Å². The van der Waals surface area contributed by atoms with Crippen molar-refractivity contribution in [2.45, 2.75) is 0 Å². The van der Waals surface area contributed by atoms with E-state index in [1.54, 1.807) is 0 Å². The molecule has 56 valence electrons. The van der Waals surface area contributed by atoms with Gasteiger partial charge < -0.3 is 0 Å². The molecule has 0 N–H and O–H groups in total. The lowest BCUT2D eigenvalue weighted by Crippen LogP contribution is -2.06. The van der Waals surface area contributed by atoms with Crippen LogP contribution in [0, 0.1) is 3.57 Å². The molecule has 0 saturated heterocycles. The fraction of sp³-hybridized carbons (Fsp3) is 0. The van der Waals surface area contributed by atoms with Crippen molar-refractivity contribution in [2.75, 3.05) is 0 Å². The van der Waals surface area contributed by atoms with E-state index in [1.165, 1.54) is 3.57 Å². The summed E-state index contributed by atoms with van der Waals surface area (Å²) in [6, 6.07) is 9.89. The average molecular weight is 265 g/mol. The molecule has 2 aromatic rings. The predicted molar refractivity (Wildman–Crippen MR) is 59.8 cm³/mol. The number of hydrogen-bond acceptors (Lipinski definition) is 1. The maximum atomic E-state index is 5.55. The summed E-state index contributed by atoms with van der Waals surface area (Å²) in [5, 5.41) is 1.14. The Morgan fingerprint density at radius 3 is 2.83 bits per heavy atom. The second-order valence-corrected chi connectivity index (χ2v) is 3.82. The molecule has 0 aliphatic rings. The predicted octanol–water partition coefficient (Wildman–Crippen LogP) is 1.63. The van der Waals surface area contributed by atoms with Crippen molar-refractivity contribution in [3.63, 3.8) is 0 Å². The summed E-state index contributed by atoms with van der Waals surface area (Å²) in [6.45, 7) is 0. The van der Waals surface area contributed by atoms with Crippen LogP contribution in [0.2, 0.25) is 0 Å². The number of pyridine rings is 1. The van der Waals surface area contributed by atoms with E-state index in [0.717, 1.165) is 10.9 Å². The zero-order valence-corrected chi connectivity index (χ0v) is 8.45. The van der Waals surface area contributed by atoms with Crippen LogP contribution in [0.3, 0.4) is 0 Å². The zero-order valence-electron chi connectivity index (χ0n) is 6.29. The minimum absolute atomic E-state index is 0.573. The smallest absolute Gasteiger partial charge is 0.141 e. The zero-order chi connectivity index (χ0) is 8.55. The molecule has 2 rings (SSSR count). The molecule has 12 heavy (non-hydrogen) atoms. The van der Waals surface area contributed by atoms with Crippen LogP contribution < -0.4 is 5.59 Å². The molecule has 0 bridgehead atoms. The van der Waals surface area contributed by atoms with Crippen LogP contribution in [0.4, 0.5) is 0 Å². The minimum Gasteiger partial charge on any atom is -0.264 e. The highest BCUT2D eigenvalue weighted by Gasteiger charge is 1.94. The Balaban J connectivity index is 2.79. The first kappa shape index (κ1) is 8.04. The van der Waals surface area contributed by atoms with Crippen LogP contribution in [0.1, 0.15) is 0 Å². The number of hydrogen-bond donors (Lipinski definition) is 0. The van der Waals surface area contributed by atoms with Gasteiger partial charge in [-0.2, -0.15) is 0 Å². The highest BCUT2D eigenvalue weighted by atomic mass is 127. The molecule has 1 aromatic heterocycles. The quantitative estimate of drug-likeness (QED) is 0.521. The summed E-state index contributed by atoms with van der Waals surface area (Å²) in [4.78, 5) is 4.19. The Kier molecular flexibility index (Phi) is 2.04. The molecule has 0 atom stereocenters. The highest BCUT2D eigenvalue weighted by Crippen LogP contribution is 2.13. The van der Waals surface area contributed by atoms with Gasteiger partial charge in [0.25, 0.3) is 0 Å². The van der Waals surface area contributed by atoms with E-state index in [0.29, 0.717) is 5.59 Å². The van der Waals surface area contributed by atoms with Gasteiger partial charge in [-0.05, 0) is 46.4 Å². The molecule has 0 aliphatic heterocycles. The van der Waals surface area contributed by atoms with Crippen LogP contribution in [-0.4, -0.2) is 12.8 Å². The van der Waals surface area contributed by atoms with Crippen LogP contribution >= 0.6 is 22.6 Å². The van der Waals surface area contributed by atoms with Gasteiger partial charge in [0.2, 0.25) is 0 Å². The van der Waals surface area contributed by atoms with Crippen molar-refractivity contribution >= 4 is 46.9 Å². The first-order valence-electron chi connectivity index (χ1n) is 3.57. The van der Waals surface area contributed by atoms with Crippen molar-refractivity contribution < 1.29 is 0 Å². The lowest BCUT2D eigenvalue weighted by molar-refractivity contribution is 1.47. The third-order valence-electron chi connectivity index (χ3n) is 1.67. The number of nitrogens with zero attached hydrogens (tertiary/aromatic N) is 1. The first-order valence-corrected chi connectivity index (χ1v) is 4.65. The number of rotatable bonds is 0. The molecule has 0 spiro atoms. The van der Waals surface area contributed by atoms with Gasteiger partial charge in [-0.25, -0.2) is 0 Å². The molecular weight excluding hydrogens is 260 g/mol. The van der Waals surface area contributed by atoms with Gasteiger partial charge in [0.1, 0.15) is 7.85 Å². The van der Waals surface area contributed by atoms with Crippen molar-refractivity contribution in [1.29, 1.82) is 0 Å². The van der Waals surface area contributed by atoms with Crippen LogP contribution in [0.5, 0.6) is 0 Å². The summed E-state index contributed by atoms with van der Waals surface area (Å²) in [7, 11) is 5.55. The summed E-state index contributed by atoms with van der Waals surface area (Å²) >= 11 is 2.28. The first-order chi connectivity index (χ1) is 5.75. The number of halogens is 1. The Morgan fingerprint density at radius 2 is 2.00 bits per heavy atom. The van der Waals surface area contributed by atoms with Gasteiger partial charge in [0, 0.05) is 8.96 Å². The summed E-state index contributed by atoms with van der Waals surface area (Å²) in [5.41, 5.74) is 1.53. The van der Waals surface area contributed by atoms with Gasteiger partial charge in [-0.1, -0.05) is 12.1 Å². The van der Waals surface area contributed by atoms with Gasteiger partial charge in [-0.15, -0.1) is 0 Å². The molecule has 0 aliphatic carbocycles. The maximum absolute atomic E-state index is 5.55. The molecule has 0 unspecified atom stereocenters. The third-order valence-corrected chi connectivity index (χ3v) is 2.34. The fourth-order valence-corrected chi connectivity index (χ4v) is 1.63. The molecular formula is C9H5BIN.